The number of hydrogen-bond donors (Lipinski definition) is 1. The van der Waals surface area contributed by atoms with Crippen molar-refractivity contribution < 1.29 is 0 Å². The molecule has 2 nitrogen and oxygen atoms in total. The molecule has 13 heavy (non-hydrogen) atoms. The Bertz CT molecular complexity index is 328. The zero-order chi connectivity index (χ0) is 9.64. The van der Waals surface area contributed by atoms with Crippen LogP contribution in [0.2, 0.25) is 0 Å². The van der Waals surface area contributed by atoms with E-state index in [9.17, 15) is 0 Å². The third kappa shape index (κ3) is 1.48. The smallest absolute Gasteiger partial charge is 0.0677 e. The maximum atomic E-state index is 6.32. The minimum atomic E-state index is 0.137. The Morgan fingerprint density at radius 3 is 2.92 bits per heavy atom. The van der Waals surface area contributed by atoms with Gasteiger partial charge in [-0.25, -0.2) is 0 Å². The molecule has 0 saturated carbocycles. The Labute approximate surface area is 83.7 Å². The van der Waals surface area contributed by atoms with Crippen LogP contribution in [-0.4, -0.2) is 10.2 Å². The molecule has 0 aromatic carbocycles. The summed E-state index contributed by atoms with van der Waals surface area (Å²) >= 11 is 6.32. The number of H-pyrrole nitrogens is 1. The van der Waals surface area contributed by atoms with Crippen LogP contribution in [0.1, 0.15) is 42.6 Å². The Hall–Kier alpha value is -0.500. The molecule has 0 fully saturated rings. The summed E-state index contributed by atoms with van der Waals surface area (Å²) in [7, 11) is 0. The summed E-state index contributed by atoms with van der Waals surface area (Å²) in [6, 6.07) is 0. The average molecular weight is 199 g/mol. The molecule has 1 N–H and O–H groups in total. The lowest BCUT2D eigenvalue weighted by atomic mass is 9.76. The molecule has 1 unspecified atom stereocenters. The number of aryl methyl sites for hydroxylation is 1. The number of aromatic amines is 1. The molecular formula is C10H15ClN2. The number of nitrogens with zero attached hydrogens (tertiary/aromatic N) is 1. The SMILES string of the molecule is Cc1[nH]nc2c1C(Cl)CC(C)(C)C2. The van der Waals surface area contributed by atoms with E-state index in [4.69, 9.17) is 11.6 Å². The number of nitrogens with one attached hydrogen (secondary N) is 1. The Morgan fingerprint density at radius 1 is 1.54 bits per heavy atom. The van der Waals surface area contributed by atoms with Gasteiger partial charge in [0.1, 0.15) is 0 Å². The van der Waals surface area contributed by atoms with Gasteiger partial charge in [0.05, 0.1) is 11.1 Å². The lowest BCUT2D eigenvalue weighted by Gasteiger charge is -2.31. The van der Waals surface area contributed by atoms with E-state index >= 15 is 0 Å². The lowest BCUT2D eigenvalue weighted by molar-refractivity contribution is 0.306. The van der Waals surface area contributed by atoms with Gasteiger partial charge in [0.25, 0.3) is 0 Å². The monoisotopic (exact) mass is 198 g/mol. The van der Waals surface area contributed by atoms with Gasteiger partial charge in [-0.15, -0.1) is 11.6 Å². The van der Waals surface area contributed by atoms with Crippen LogP contribution in [0.5, 0.6) is 0 Å². The Morgan fingerprint density at radius 2 is 2.23 bits per heavy atom. The standard InChI is InChI=1S/C10H15ClN2/c1-6-9-7(11)4-10(2,3)5-8(9)13-12-6/h7H,4-5H2,1-3H3,(H,12,13). The van der Waals surface area contributed by atoms with Crippen LogP contribution < -0.4 is 0 Å². The highest BCUT2D eigenvalue weighted by molar-refractivity contribution is 6.21. The second kappa shape index (κ2) is 2.74. The minimum Gasteiger partial charge on any atom is -0.282 e. The van der Waals surface area contributed by atoms with Gasteiger partial charge in [0, 0.05) is 11.3 Å². The summed E-state index contributed by atoms with van der Waals surface area (Å²) in [5, 5.41) is 7.44. The van der Waals surface area contributed by atoms with E-state index in [2.05, 4.69) is 24.0 Å². The van der Waals surface area contributed by atoms with E-state index in [0.29, 0.717) is 5.41 Å². The number of halogens is 1. The highest BCUT2D eigenvalue weighted by atomic mass is 35.5. The van der Waals surface area contributed by atoms with E-state index in [-0.39, 0.29) is 5.38 Å². The predicted molar refractivity (Wildman–Crippen MR) is 54.0 cm³/mol. The van der Waals surface area contributed by atoms with Crippen molar-refractivity contribution in [1.82, 2.24) is 10.2 Å². The number of alkyl halides is 1. The van der Waals surface area contributed by atoms with Crippen LogP contribution >= 0.6 is 11.6 Å². The van der Waals surface area contributed by atoms with Crippen molar-refractivity contribution in [2.24, 2.45) is 5.41 Å². The Kier molecular flexibility index (Phi) is 1.91. The number of fused-ring (bicyclic) bond motifs is 1. The first-order valence-electron chi connectivity index (χ1n) is 4.67. The van der Waals surface area contributed by atoms with Crippen molar-refractivity contribution in [3.8, 4) is 0 Å². The summed E-state index contributed by atoms with van der Waals surface area (Å²) in [6.07, 6.45) is 2.08. The topological polar surface area (TPSA) is 28.7 Å². The number of hydrogen-bond acceptors (Lipinski definition) is 1. The number of aromatic nitrogens is 2. The molecule has 0 spiro atoms. The first-order chi connectivity index (χ1) is 5.99. The molecule has 0 bridgehead atoms. The molecule has 1 atom stereocenters. The van der Waals surface area contributed by atoms with Gasteiger partial charge in [-0.3, -0.25) is 5.10 Å². The van der Waals surface area contributed by atoms with E-state index in [0.717, 1.165) is 24.2 Å². The second-order valence-electron chi connectivity index (χ2n) is 4.72. The van der Waals surface area contributed by atoms with Crippen molar-refractivity contribution in [3.63, 3.8) is 0 Å². The zero-order valence-corrected chi connectivity index (χ0v) is 9.07. The minimum absolute atomic E-state index is 0.137. The largest absolute Gasteiger partial charge is 0.282 e. The van der Waals surface area contributed by atoms with Gasteiger partial charge in [0.2, 0.25) is 0 Å². The maximum absolute atomic E-state index is 6.32. The fourth-order valence-electron chi connectivity index (χ4n) is 2.15. The lowest BCUT2D eigenvalue weighted by Crippen LogP contribution is -2.23. The molecule has 1 aliphatic carbocycles. The summed E-state index contributed by atoms with van der Waals surface area (Å²) in [5.74, 6) is 0. The summed E-state index contributed by atoms with van der Waals surface area (Å²) in [6.45, 7) is 6.53. The van der Waals surface area contributed by atoms with Crippen LogP contribution in [0, 0.1) is 12.3 Å². The molecule has 1 aromatic rings. The van der Waals surface area contributed by atoms with Crippen LogP contribution in [0.3, 0.4) is 0 Å². The molecule has 72 valence electrons. The molecule has 0 amide bonds. The molecule has 0 aliphatic heterocycles. The fraction of sp³-hybridized carbons (Fsp3) is 0.700. The van der Waals surface area contributed by atoms with Gasteiger partial charge in [-0.2, -0.15) is 5.10 Å². The van der Waals surface area contributed by atoms with Crippen molar-refractivity contribution in [2.45, 2.75) is 39.0 Å². The zero-order valence-electron chi connectivity index (χ0n) is 8.32. The van der Waals surface area contributed by atoms with Gasteiger partial charge < -0.3 is 0 Å². The molecule has 0 radical (unpaired) electrons. The van der Waals surface area contributed by atoms with Crippen molar-refractivity contribution in [2.75, 3.05) is 0 Å². The van der Waals surface area contributed by atoms with Gasteiger partial charge >= 0.3 is 0 Å². The Balaban J connectivity index is 2.44. The van der Waals surface area contributed by atoms with Crippen molar-refractivity contribution in [3.05, 3.63) is 17.0 Å². The van der Waals surface area contributed by atoms with E-state index in [1.807, 2.05) is 6.92 Å². The molecule has 3 heteroatoms. The predicted octanol–water partition coefficient (Wildman–Crippen LogP) is 2.97. The van der Waals surface area contributed by atoms with E-state index in [1.54, 1.807) is 0 Å². The summed E-state index contributed by atoms with van der Waals surface area (Å²) < 4.78 is 0. The first kappa shape index (κ1) is 9.07. The highest BCUT2D eigenvalue weighted by Gasteiger charge is 2.33. The van der Waals surface area contributed by atoms with Crippen LogP contribution in [0.15, 0.2) is 0 Å². The maximum Gasteiger partial charge on any atom is 0.0677 e. The van der Waals surface area contributed by atoms with Gasteiger partial charge in [0.15, 0.2) is 0 Å². The van der Waals surface area contributed by atoms with Gasteiger partial charge in [-0.1, -0.05) is 13.8 Å². The quantitative estimate of drug-likeness (QED) is 0.638. The van der Waals surface area contributed by atoms with Crippen molar-refractivity contribution >= 4 is 11.6 Å². The van der Waals surface area contributed by atoms with Crippen molar-refractivity contribution in [1.29, 1.82) is 0 Å². The molecule has 0 saturated heterocycles. The molecule has 1 aromatic heterocycles. The molecule has 2 rings (SSSR count). The highest BCUT2D eigenvalue weighted by Crippen LogP contribution is 2.44. The third-order valence-electron chi connectivity index (χ3n) is 2.76. The second-order valence-corrected chi connectivity index (χ2v) is 5.25. The first-order valence-corrected chi connectivity index (χ1v) is 5.11. The summed E-state index contributed by atoms with van der Waals surface area (Å²) in [4.78, 5) is 0. The normalized spacial score (nSPS) is 25.7. The molecule has 1 heterocycles. The molecular weight excluding hydrogens is 184 g/mol. The number of rotatable bonds is 0. The van der Waals surface area contributed by atoms with Crippen LogP contribution in [0.25, 0.3) is 0 Å². The molecule has 1 aliphatic rings. The third-order valence-corrected chi connectivity index (χ3v) is 3.14. The van der Waals surface area contributed by atoms with Crippen LogP contribution in [-0.2, 0) is 6.42 Å². The van der Waals surface area contributed by atoms with E-state index < -0.39 is 0 Å². The fourth-order valence-corrected chi connectivity index (χ4v) is 2.86. The average Bonchev–Trinajstić information content (AvgIpc) is 2.28. The van der Waals surface area contributed by atoms with Crippen LogP contribution in [0.4, 0.5) is 0 Å². The van der Waals surface area contributed by atoms with E-state index in [1.165, 1.54) is 5.56 Å². The summed E-state index contributed by atoms with van der Waals surface area (Å²) in [5.41, 5.74) is 3.82. The van der Waals surface area contributed by atoms with Gasteiger partial charge in [-0.05, 0) is 25.2 Å².